The minimum atomic E-state index is -0.244. The van der Waals surface area contributed by atoms with Crippen molar-refractivity contribution >= 4 is 0 Å². The van der Waals surface area contributed by atoms with Crippen LogP contribution in [0.4, 0.5) is 0 Å². The van der Waals surface area contributed by atoms with Gasteiger partial charge >= 0.3 is 0 Å². The standard InChI is InChI=1S/C14H23NO2/c1-3-13(16)10-15-11(2)4-5-12-6-8-14(17)9-7-12/h6-9,11,13,15-17H,3-5,10H2,1-2H3. The van der Waals surface area contributed by atoms with Gasteiger partial charge in [0.25, 0.3) is 0 Å². The van der Waals surface area contributed by atoms with Crippen molar-refractivity contribution in [3.05, 3.63) is 29.8 Å². The Kier molecular flexibility index (Phi) is 6.01. The van der Waals surface area contributed by atoms with Gasteiger partial charge in [-0.05, 0) is 43.9 Å². The number of aliphatic hydroxyl groups is 1. The number of rotatable bonds is 7. The molecule has 0 fully saturated rings. The van der Waals surface area contributed by atoms with Gasteiger partial charge in [0, 0.05) is 12.6 Å². The van der Waals surface area contributed by atoms with Crippen LogP contribution < -0.4 is 5.32 Å². The number of phenolic OH excluding ortho intramolecular Hbond substituents is 1. The Labute approximate surface area is 103 Å². The van der Waals surface area contributed by atoms with Gasteiger partial charge in [-0.2, -0.15) is 0 Å². The maximum absolute atomic E-state index is 9.43. The molecule has 1 aromatic carbocycles. The second-order valence-electron chi connectivity index (χ2n) is 4.58. The third-order valence-corrected chi connectivity index (χ3v) is 2.98. The van der Waals surface area contributed by atoms with Crippen molar-refractivity contribution in [1.82, 2.24) is 5.32 Å². The third kappa shape index (κ3) is 5.71. The van der Waals surface area contributed by atoms with Crippen molar-refractivity contribution < 1.29 is 10.2 Å². The molecule has 0 heterocycles. The van der Waals surface area contributed by atoms with Gasteiger partial charge in [0.1, 0.15) is 5.75 Å². The molecule has 0 bridgehead atoms. The van der Waals surface area contributed by atoms with Crippen LogP contribution in [0, 0.1) is 0 Å². The average molecular weight is 237 g/mol. The number of nitrogens with one attached hydrogen (secondary N) is 1. The number of aliphatic hydroxyl groups excluding tert-OH is 1. The van der Waals surface area contributed by atoms with Crippen LogP contribution in [0.15, 0.2) is 24.3 Å². The predicted octanol–water partition coefficient (Wildman–Crippen LogP) is 2.07. The summed E-state index contributed by atoms with van der Waals surface area (Å²) in [5.41, 5.74) is 1.23. The van der Waals surface area contributed by atoms with Crippen molar-refractivity contribution in [3.8, 4) is 5.75 Å². The minimum absolute atomic E-state index is 0.244. The first-order valence-corrected chi connectivity index (χ1v) is 6.31. The highest BCUT2D eigenvalue weighted by atomic mass is 16.3. The number of aromatic hydroxyl groups is 1. The topological polar surface area (TPSA) is 52.5 Å². The molecule has 2 atom stereocenters. The monoisotopic (exact) mass is 237 g/mol. The maximum Gasteiger partial charge on any atom is 0.115 e. The molecule has 0 aromatic heterocycles. The molecule has 0 aliphatic carbocycles. The first-order valence-electron chi connectivity index (χ1n) is 6.31. The highest BCUT2D eigenvalue weighted by Crippen LogP contribution is 2.11. The van der Waals surface area contributed by atoms with Gasteiger partial charge in [0.2, 0.25) is 0 Å². The van der Waals surface area contributed by atoms with Gasteiger partial charge in [-0.15, -0.1) is 0 Å². The molecule has 1 rings (SSSR count). The molecule has 0 radical (unpaired) electrons. The molecule has 3 heteroatoms. The Hall–Kier alpha value is -1.06. The molecule has 0 spiro atoms. The summed E-state index contributed by atoms with van der Waals surface area (Å²) in [5, 5.41) is 21.9. The summed E-state index contributed by atoms with van der Waals surface area (Å²) in [6, 6.07) is 7.72. The van der Waals surface area contributed by atoms with Crippen LogP contribution >= 0.6 is 0 Å². The van der Waals surface area contributed by atoms with Crippen molar-refractivity contribution in [3.63, 3.8) is 0 Å². The molecule has 2 unspecified atom stereocenters. The maximum atomic E-state index is 9.43. The smallest absolute Gasteiger partial charge is 0.115 e. The lowest BCUT2D eigenvalue weighted by Crippen LogP contribution is -2.33. The second-order valence-corrected chi connectivity index (χ2v) is 4.58. The molecule has 0 saturated heterocycles. The summed E-state index contributed by atoms with van der Waals surface area (Å²) < 4.78 is 0. The summed E-state index contributed by atoms with van der Waals surface area (Å²) >= 11 is 0. The van der Waals surface area contributed by atoms with E-state index in [-0.39, 0.29) is 6.10 Å². The third-order valence-electron chi connectivity index (χ3n) is 2.98. The van der Waals surface area contributed by atoms with Gasteiger partial charge < -0.3 is 15.5 Å². The van der Waals surface area contributed by atoms with E-state index in [0.717, 1.165) is 19.3 Å². The molecule has 0 aliphatic rings. The first kappa shape index (κ1) is 14.0. The van der Waals surface area contributed by atoms with Crippen LogP contribution in [0.1, 0.15) is 32.3 Å². The fourth-order valence-corrected chi connectivity index (χ4v) is 1.63. The fourth-order valence-electron chi connectivity index (χ4n) is 1.63. The van der Waals surface area contributed by atoms with E-state index in [0.29, 0.717) is 18.3 Å². The zero-order valence-corrected chi connectivity index (χ0v) is 10.7. The van der Waals surface area contributed by atoms with E-state index in [2.05, 4.69) is 12.2 Å². The van der Waals surface area contributed by atoms with Crippen LogP contribution in [-0.4, -0.2) is 28.9 Å². The van der Waals surface area contributed by atoms with E-state index in [4.69, 9.17) is 5.11 Å². The van der Waals surface area contributed by atoms with Crippen molar-refractivity contribution in [2.24, 2.45) is 0 Å². The summed E-state index contributed by atoms with van der Waals surface area (Å²) in [5.74, 6) is 0.311. The van der Waals surface area contributed by atoms with Crippen LogP contribution in [0.25, 0.3) is 0 Å². The molecular weight excluding hydrogens is 214 g/mol. The highest BCUT2D eigenvalue weighted by Gasteiger charge is 2.05. The van der Waals surface area contributed by atoms with Crippen LogP contribution in [-0.2, 0) is 6.42 Å². The Balaban J connectivity index is 2.23. The minimum Gasteiger partial charge on any atom is -0.508 e. The zero-order valence-electron chi connectivity index (χ0n) is 10.7. The summed E-state index contributed by atoms with van der Waals surface area (Å²) in [7, 11) is 0. The molecule has 0 saturated carbocycles. The van der Waals surface area contributed by atoms with E-state index < -0.39 is 0 Å². The van der Waals surface area contributed by atoms with Crippen molar-refractivity contribution in [2.75, 3.05) is 6.54 Å². The number of phenols is 1. The van der Waals surface area contributed by atoms with Gasteiger partial charge in [0.15, 0.2) is 0 Å². The molecular formula is C14H23NO2. The Bertz CT molecular complexity index is 311. The molecule has 17 heavy (non-hydrogen) atoms. The van der Waals surface area contributed by atoms with Crippen LogP contribution in [0.2, 0.25) is 0 Å². The van der Waals surface area contributed by atoms with Crippen molar-refractivity contribution in [1.29, 1.82) is 0 Å². The fraction of sp³-hybridized carbons (Fsp3) is 0.571. The lowest BCUT2D eigenvalue weighted by atomic mass is 10.1. The summed E-state index contributed by atoms with van der Waals surface area (Å²) in [4.78, 5) is 0. The van der Waals surface area contributed by atoms with E-state index in [9.17, 15) is 5.11 Å². The van der Waals surface area contributed by atoms with E-state index >= 15 is 0 Å². The predicted molar refractivity (Wildman–Crippen MR) is 70.2 cm³/mol. The first-order chi connectivity index (χ1) is 8.11. The van der Waals surface area contributed by atoms with Gasteiger partial charge in [-0.25, -0.2) is 0 Å². The lowest BCUT2D eigenvalue weighted by Gasteiger charge is -2.16. The Morgan fingerprint density at radius 1 is 1.24 bits per heavy atom. The average Bonchev–Trinajstić information content (AvgIpc) is 2.35. The van der Waals surface area contributed by atoms with Crippen LogP contribution in [0.3, 0.4) is 0 Å². The lowest BCUT2D eigenvalue weighted by molar-refractivity contribution is 0.163. The van der Waals surface area contributed by atoms with E-state index in [1.807, 2.05) is 19.1 Å². The van der Waals surface area contributed by atoms with Crippen molar-refractivity contribution in [2.45, 2.75) is 45.3 Å². The van der Waals surface area contributed by atoms with Gasteiger partial charge in [-0.1, -0.05) is 19.1 Å². The normalized spacial score (nSPS) is 14.5. The number of aryl methyl sites for hydroxylation is 1. The Morgan fingerprint density at radius 3 is 2.47 bits per heavy atom. The quantitative estimate of drug-likeness (QED) is 0.680. The molecule has 0 amide bonds. The Morgan fingerprint density at radius 2 is 1.88 bits per heavy atom. The number of hydrogen-bond acceptors (Lipinski definition) is 3. The number of hydrogen-bond donors (Lipinski definition) is 3. The van der Waals surface area contributed by atoms with Gasteiger partial charge in [-0.3, -0.25) is 0 Å². The molecule has 3 nitrogen and oxygen atoms in total. The summed E-state index contributed by atoms with van der Waals surface area (Å²) in [6.07, 6.45) is 2.56. The molecule has 3 N–H and O–H groups in total. The molecule has 1 aromatic rings. The summed E-state index contributed by atoms with van der Waals surface area (Å²) in [6.45, 7) is 4.77. The second kappa shape index (κ2) is 7.30. The number of benzene rings is 1. The zero-order chi connectivity index (χ0) is 12.7. The van der Waals surface area contributed by atoms with E-state index in [1.54, 1.807) is 12.1 Å². The largest absolute Gasteiger partial charge is 0.508 e. The molecule has 0 aliphatic heterocycles. The van der Waals surface area contributed by atoms with Crippen LogP contribution in [0.5, 0.6) is 5.75 Å². The van der Waals surface area contributed by atoms with Gasteiger partial charge in [0.05, 0.1) is 6.10 Å². The van der Waals surface area contributed by atoms with E-state index in [1.165, 1.54) is 5.56 Å². The SMILES string of the molecule is CCC(O)CNC(C)CCc1ccc(O)cc1. The molecule has 96 valence electrons. The highest BCUT2D eigenvalue weighted by molar-refractivity contribution is 5.25.